The Kier molecular flexibility index (Phi) is 4.04. The lowest BCUT2D eigenvalue weighted by Gasteiger charge is -2.13. The van der Waals surface area contributed by atoms with Crippen molar-refractivity contribution in [2.24, 2.45) is 0 Å². The Hall–Kier alpha value is -1.95. The number of benzene rings is 1. The normalized spacial score (nSPS) is 11.4. The molecule has 1 aromatic carbocycles. The molecule has 106 valence electrons. The molecule has 0 unspecified atom stereocenters. The maximum Gasteiger partial charge on any atom is 0.433 e. The first kappa shape index (κ1) is 14.5. The molecule has 1 aromatic heterocycles. The number of halogens is 4. The average molecular weight is 302 g/mol. The van der Waals surface area contributed by atoms with Crippen LogP contribution in [0.5, 0.6) is 0 Å². The van der Waals surface area contributed by atoms with Crippen molar-refractivity contribution in [3.63, 3.8) is 0 Å². The number of nitrogens with two attached hydrogens (primary N) is 1. The number of nitrogen functional groups attached to an aromatic ring is 1. The van der Waals surface area contributed by atoms with E-state index in [9.17, 15) is 13.2 Å². The SMILES string of the molecule is Nc1c(NCc2ccccc2)cc(C(F)(F)F)nc1Cl. The summed E-state index contributed by atoms with van der Waals surface area (Å²) in [6.07, 6.45) is -4.57. The fourth-order valence-electron chi connectivity index (χ4n) is 1.61. The van der Waals surface area contributed by atoms with Crippen molar-refractivity contribution in [2.45, 2.75) is 12.7 Å². The van der Waals surface area contributed by atoms with E-state index in [0.29, 0.717) is 6.54 Å². The van der Waals surface area contributed by atoms with Crippen molar-refractivity contribution in [3.8, 4) is 0 Å². The second-order valence-electron chi connectivity index (χ2n) is 4.10. The van der Waals surface area contributed by atoms with Crippen LogP contribution in [0.15, 0.2) is 36.4 Å². The van der Waals surface area contributed by atoms with Gasteiger partial charge in [0.15, 0.2) is 5.15 Å². The zero-order valence-corrected chi connectivity index (χ0v) is 11.0. The highest BCUT2D eigenvalue weighted by molar-refractivity contribution is 6.32. The first-order valence-electron chi connectivity index (χ1n) is 5.69. The highest BCUT2D eigenvalue weighted by atomic mass is 35.5. The molecule has 0 spiro atoms. The molecule has 0 fully saturated rings. The van der Waals surface area contributed by atoms with Crippen LogP contribution >= 0.6 is 11.6 Å². The molecule has 7 heteroatoms. The molecule has 0 bridgehead atoms. The van der Waals surface area contributed by atoms with Crippen molar-refractivity contribution in [3.05, 3.63) is 52.8 Å². The standard InChI is InChI=1S/C13H11ClF3N3/c14-12-11(18)9(6-10(20-12)13(15,16)17)19-7-8-4-2-1-3-5-8/h1-6H,7,18H2,(H,19,20). The van der Waals surface area contributed by atoms with Gasteiger partial charge in [-0.25, -0.2) is 4.98 Å². The molecule has 0 aliphatic carbocycles. The lowest BCUT2D eigenvalue weighted by molar-refractivity contribution is -0.141. The van der Waals surface area contributed by atoms with Gasteiger partial charge in [-0.05, 0) is 11.6 Å². The van der Waals surface area contributed by atoms with Gasteiger partial charge in [0.25, 0.3) is 0 Å². The van der Waals surface area contributed by atoms with Crippen LogP contribution in [0.1, 0.15) is 11.3 Å². The second kappa shape index (κ2) is 5.58. The van der Waals surface area contributed by atoms with Gasteiger partial charge in [-0.1, -0.05) is 41.9 Å². The molecule has 0 aliphatic rings. The van der Waals surface area contributed by atoms with Gasteiger partial charge in [0.05, 0.1) is 11.4 Å². The van der Waals surface area contributed by atoms with E-state index in [1.807, 2.05) is 30.3 Å². The number of alkyl halides is 3. The highest BCUT2D eigenvalue weighted by Crippen LogP contribution is 2.34. The zero-order chi connectivity index (χ0) is 14.8. The van der Waals surface area contributed by atoms with Crippen molar-refractivity contribution < 1.29 is 13.2 Å². The number of nitrogens with zero attached hydrogens (tertiary/aromatic N) is 1. The van der Waals surface area contributed by atoms with Crippen LogP contribution in [0.2, 0.25) is 5.15 Å². The first-order valence-corrected chi connectivity index (χ1v) is 6.06. The molecule has 0 amide bonds. The number of pyridine rings is 1. The third-order valence-electron chi connectivity index (χ3n) is 2.63. The molecule has 20 heavy (non-hydrogen) atoms. The van der Waals surface area contributed by atoms with E-state index in [-0.39, 0.29) is 16.5 Å². The molecule has 3 nitrogen and oxygen atoms in total. The minimum absolute atomic E-state index is 0.00408. The van der Waals surface area contributed by atoms with Gasteiger partial charge in [0, 0.05) is 6.54 Å². The number of nitrogens with one attached hydrogen (secondary N) is 1. The third-order valence-corrected chi connectivity index (χ3v) is 2.92. The molecule has 0 radical (unpaired) electrons. The summed E-state index contributed by atoms with van der Waals surface area (Å²) in [4.78, 5) is 3.24. The maximum absolute atomic E-state index is 12.7. The fourth-order valence-corrected chi connectivity index (χ4v) is 1.80. The molecule has 1 heterocycles. The average Bonchev–Trinajstić information content (AvgIpc) is 2.40. The quantitative estimate of drug-likeness (QED) is 0.844. The number of anilines is 2. The lowest BCUT2D eigenvalue weighted by Crippen LogP contribution is -2.11. The van der Waals surface area contributed by atoms with Crippen molar-refractivity contribution in [1.82, 2.24) is 4.98 Å². The monoisotopic (exact) mass is 301 g/mol. The Labute approximate surface area is 118 Å². The Morgan fingerprint density at radius 1 is 1.20 bits per heavy atom. The third kappa shape index (κ3) is 3.33. The van der Waals surface area contributed by atoms with E-state index in [1.165, 1.54) is 0 Å². The Bertz CT molecular complexity index is 600. The molecule has 0 saturated heterocycles. The van der Waals surface area contributed by atoms with Gasteiger partial charge in [-0.15, -0.1) is 0 Å². The molecular formula is C13H11ClF3N3. The van der Waals surface area contributed by atoms with Crippen LogP contribution in [0.3, 0.4) is 0 Å². The van der Waals surface area contributed by atoms with Crippen LogP contribution in [-0.4, -0.2) is 4.98 Å². The minimum atomic E-state index is -4.57. The minimum Gasteiger partial charge on any atom is -0.395 e. The predicted molar refractivity (Wildman–Crippen MR) is 72.4 cm³/mol. The Balaban J connectivity index is 2.25. The summed E-state index contributed by atoms with van der Waals surface area (Å²) in [5, 5.41) is 2.47. The first-order chi connectivity index (χ1) is 9.38. The summed E-state index contributed by atoms with van der Waals surface area (Å²) in [6, 6.07) is 10.1. The summed E-state index contributed by atoms with van der Waals surface area (Å²) < 4.78 is 38.0. The van der Waals surface area contributed by atoms with Crippen molar-refractivity contribution >= 4 is 23.0 Å². The molecule has 0 atom stereocenters. The second-order valence-corrected chi connectivity index (χ2v) is 4.45. The summed E-state index contributed by atoms with van der Waals surface area (Å²) >= 11 is 5.63. The summed E-state index contributed by atoms with van der Waals surface area (Å²) in [5.74, 6) is 0. The number of aromatic nitrogens is 1. The highest BCUT2D eigenvalue weighted by Gasteiger charge is 2.33. The number of rotatable bonds is 3. The molecule has 3 N–H and O–H groups in total. The van der Waals surface area contributed by atoms with Gasteiger partial charge in [0.2, 0.25) is 0 Å². The van der Waals surface area contributed by atoms with Crippen LogP contribution < -0.4 is 11.1 Å². The van der Waals surface area contributed by atoms with Crippen LogP contribution in [0, 0.1) is 0 Å². The van der Waals surface area contributed by atoms with E-state index in [2.05, 4.69) is 10.3 Å². The topological polar surface area (TPSA) is 50.9 Å². The van der Waals surface area contributed by atoms with E-state index in [1.54, 1.807) is 0 Å². The van der Waals surface area contributed by atoms with Gasteiger partial charge in [-0.3, -0.25) is 0 Å². The van der Waals surface area contributed by atoms with E-state index in [4.69, 9.17) is 17.3 Å². The van der Waals surface area contributed by atoms with E-state index in [0.717, 1.165) is 11.6 Å². The maximum atomic E-state index is 12.7. The summed E-state index contributed by atoms with van der Waals surface area (Å²) in [6.45, 7) is 0.336. The van der Waals surface area contributed by atoms with Gasteiger partial charge < -0.3 is 11.1 Å². The molecule has 0 saturated carbocycles. The summed E-state index contributed by atoms with van der Waals surface area (Å²) in [7, 11) is 0. The van der Waals surface area contributed by atoms with Gasteiger partial charge in [-0.2, -0.15) is 13.2 Å². The largest absolute Gasteiger partial charge is 0.433 e. The number of hydrogen-bond acceptors (Lipinski definition) is 3. The van der Waals surface area contributed by atoms with Gasteiger partial charge in [0.1, 0.15) is 5.69 Å². The molecule has 0 aliphatic heterocycles. The lowest BCUT2D eigenvalue weighted by atomic mass is 10.2. The smallest absolute Gasteiger partial charge is 0.395 e. The number of hydrogen-bond donors (Lipinski definition) is 2. The Morgan fingerprint density at radius 2 is 1.85 bits per heavy atom. The van der Waals surface area contributed by atoms with Crippen LogP contribution in [-0.2, 0) is 12.7 Å². The van der Waals surface area contributed by atoms with Crippen molar-refractivity contribution in [1.29, 1.82) is 0 Å². The molecule has 2 aromatic rings. The van der Waals surface area contributed by atoms with E-state index >= 15 is 0 Å². The predicted octanol–water partition coefficient (Wildman–Crippen LogP) is 3.95. The Morgan fingerprint density at radius 3 is 2.45 bits per heavy atom. The zero-order valence-electron chi connectivity index (χ0n) is 10.2. The van der Waals surface area contributed by atoms with Crippen LogP contribution in [0.4, 0.5) is 24.5 Å². The fraction of sp³-hybridized carbons (Fsp3) is 0.154. The summed E-state index contributed by atoms with van der Waals surface area (Å²) in [5.41, 5.74) is 5.58. The molecular weight excluding hydrogens is 291 g/mol. The van der Waals surface area contributed by atoms with Gasteiger partial charge >= 0.3 is 6.18 Å². The van der Waals surface area contributed by atoms with Crippen LogP contribution in [0.25, 0.3) is 0 Å². The molecule has 2 rings (SSSR count). The van der Waals surface area contributed by atoms with Crippen molar-refractivity contribution in [2.75, 3.05) is 11.1 Å². The van der Waals surface area contributed by atoms with E-state index < -0.39 is 11.9 Å².